The highest BCUT2D eigenvalue weighted by molar-refractivity contribution is 7.99. The standard InChI is InChI=1S/C24H32ClN7S/c1-17(2)33-24-28-23-27-21-6-4-3-5-20(21)22(32(23)29-24)26-11-12-30-13-15-31(16-14-30)19-9-7-18(25)8-10-19/h7-10,17,26H,3-6,11-16H2,1-2H3. The predicted molar refractivity (Wildman–Crippen MR) is 137 cm³/mol. The Bertz CT molecular complexity index is 1090. The molecule has 1 aromatic carbocycles. The molecule has 9 heteroatoms. The van der Waals surface area contributed by atoms with Crippen LogP contribution in [0.4, 0.5) is 11.5 Å². The lowest BCUT2D eigenvalue weighted by Crippen LogP contribution is -2.47. The first-order valence-corrected chi connectivity index (χ1v) is 13.2. The van der Waals surface area contributed by atoms with Crippen molar-refractivity contribution in [1.29, 1.82) is 0 Å². The normalized spacial score (nSPS) is 17.0. The number of rotatable bonds is 7. The fraction of sp³-hybridized carbons (Fsp3) is 0.542. The molecule has 2 aromatic heterocycles. The molecule has 0 amide bonds. The van der Waals surface area contributed by atoms with Gasteiger partial charge in [-0.05, 0) is 49.9 Å². The van der Waals surface area contributed by atoms with E-state index >= 15 is 0 Å². The molecule has 0 atom stereocenters. The zero-order chi connectivity index (χ0) is 22.8. The molecule has 7 nitrogen and oxygen atoms in total. The van der Waals surface area contributed by atoms with Crippen LogP contribution in [0, 0.1) is 0 Å². The monoisotopic (exact) mass is 485 g/mol. The molecule has 1 fully saturated rings. The van der Waals surface area contributed by atoms with Gasteiger partial charge in [0.15, 0.2) is 0 Å². The molecule has 2 aliphatic rings. The fourth-order valence-electron chi connectivity index (χ4n) is 4.68. The topological polar surface area (TPSA) is 61.6 Å². The molecule has 0 radical (unpaired) electrons. The summed E-state index contributed by atoms with van der Waals surface area (Å²) in [4.78, 5) is 14.5. The number of halogens is 1. The highest BCUT2D eigenvalue weighted by atomic mass is 35.5. The Morgan fingerprint density at radius 3 is 2.55 bits per heavy atom. The van der Waals surface area contributed by atoms with Gasteiger partial charge in [0.1, 0.15) is 5.82 Å². The molecule has 1 N–H and O–H groups in total. The molecule has 5 rings (SSSR count). The van der Waals surface area contributed by atoms with Gasteiger partial charge in [-0.25, -0.2) is 4.98 Å². The van der Waals surface area contributed by atoms with Crippen LogP contribution >= 0.6 is 23.4 Å². The summed E-state index contributed by atoms with van der Waals surface area (Å²) in [5.41, 5.74) is 3.78. The Labute approximate surface area is 204 Å². The van der Waals surface area contributed by atoms with Gasteiger partial charge in [0.2, 0.25) is 5.16 Å². The summed E-state index contributed by atoms with van der Waals surface area (Å²) < 4.78 is 1.94. The molecule has 0 spiro atoms. The minimum absolute atomic E-state index is 0.444. The van der Waals surface area contributed by atoms with Gasteiger partial charge in [0, 0.05) is 60.8 Å². The molecular formula is C24H32ClN7S. The zero-order valence-corrected chi connectivity index (χ0v) is 21.0. The number of nitrogens with one attached hydrogen (secondary N) is 1. The second kappa shape index (κ2) is 10.1. The molecule has 0 saturated carbocycles. The van der Waals surface area contributed by atoms with Crippen molar-refractivity contribution in [1.82, 2.24) is 24.5 Å². The number of fused-ring (bicyclic) bond motifs is 2. The average Bonchev–Trinajstić information content (AvgIpc) is 3.21. The van der Waals surface area contributed by atoms with Gasteiger partial charge < -0.3 is 10.2 Å². The molecule has 3 heterocycles. The molecule has 1 saturated heterocycles. The molecule has 1 aliphatic heterocycles. The second-order valence-corrected chi connectivity index (χ2v) is 11.1. The van der Waals surface area contributed by atoms with Crippen molar-refractivity contribution < 1.29 is 0 Å². The molecule has 0 unspecified atom stereocenters. The summed E-state index contributed by atoms with van der Waals surface area (Å²) in [6.07, 6.45) is 4.51. The highest BCUT2D eigenvalue weighted by Crippen LogP contribution is 2.29. The average molecular weight is 486 g/mol. The molecule has 3 aromatic rings. The summed E-state index contributed by atoms with van der Waals surface area (Å²) in [6, 6.07) is 8.17. The summed E-state index contributed by atoms with van der Waals surface area (Å²) in [7, 11) is 0. The Balaban J connectivity index is 1.24. The second-order valence-electron chi connectivity index (χ2n) is 9.10. The Hall–Kier alpha value is -2.03. The van der Waals surface area contributed by atoms with E-state index in [1.165, 1.54) is 29.8 Å². The third-order valence-corrected chi connectivity index (χ3v) is 7.47. The van der Waals surface area contributed by atoms with Crippen LogP contribution in [0.15, 0.2) is 29.4 Å². The zero-order valence-electron chi connectivity index (χ0n) is 19.4. The SMILES string of the molecule is CC(C)Sc1nc2nc3c(c(NCCN4CCN(c5ccc(Cl)cc5)CC4)n2n1)CCCC3. The largest absolute Gasteiger partial charge is 0.369 e. The Morgan fingerprint density at radius 1 is 1.03 bits per heavy atom. The first-order valence-electron chi connectivity index (χ1n) is 12.0. The number of aromatic nitrogens is 4. The van der Waals surface area contributed by atoms with Crippen molar-refractivity contribution in [2.75, 3.05) is 49.5 Å². The maximum atomic E-state index is 6.04. The van der Waals surface area contributed by atoms with Gasteiger partial charge in [-0.1, -0.05) is 37.2 Å². The number of anilines is 2. The number of hydrogen-bond donors (Lipinski definition) is 1. The van der Waals surface area contributed by atoms with Crippen LogP contribution in [0.2, 0.25) is 5.02 Å². The number of thioether (sulfide) groups is 1. The van der Waals surface area contributed by atoms with Crippen molar-refractivity contribution in [3.8, 4) is 0 Å². The van der Waals surface area contributed by atoms with Crippen LogP contribution in [-0.4, -0.2) is 69.0 Å². The van der Waals surface area contributed by atoms with Crippen molar-refractivity contribution in [3.05, 3.63) is 40.5 Å². The maximum absolute atomic E-state index is 6.04. The molecule has 176 valence electrons. The summed E-state index contributed by atoms with van der Waals surface area (Å²) >= 11 is 7.73. The lowest BCUT2D eigenvalue weighted by Gasteiger charge is -2.36. The number of piperazine rings is 1. The third-order valence-electron chi connectivity index (χ3n) is 6.37. The van der Waals surface area contributed by atoms with Gasteiger partial charge in [0.25, 0.3) is 5.78 Å². The third kappa shape index (κ3) is 5.23. The predicted octanol–water partition coefficient (Wildman–Crippen LogP) is 4.39. The highest BCUT2D eigenvalue weighted by Gasteiger charge is 2.22. The van der Waals surface area contributed by atoms with Gasteiger partial charge in [-0.2, -0.15) is 9.50 Å². The smallest absolute Gasteiger partial charge is 0.255 e. The number of aryl methyl sites for hydroxylation is 1. The van der Waals surface area contributed by atoms with E-state index in [1.807, 2.05) is 16.6 Å². The van der Waals surface area contributed by atoms with Gasteiger partial charge in [-0.3, -0.25) is 4.90 Å². The molecule has 0 bridgehead atoms. The number of nitrogens with zero attached hydrogens (tertiary/aromatic N) is 6. The first-order chi connectivity index (χ1) is 16.1. The van der Waals surface area contributed by atoms with E-state index < -0.39 is 0 Å². The van der Waals surface area contributed by atoms with E-state index in [9.17, 15) is 0 Å². The Morgan fingerprint density at radius 2 is 1.79 bits per heavy atom. The number of benzene rings is 1. The lowest BCUT2D eigenvalue weighted by atomic mass is 9.96. The van der Waals surface area contributed by atoms with E-state index in [4.69, 9.17) is 26.7 Å². The minimum Gasteiger partial charge on any atom is -0.369 e. The van der Waals surface area contributed by atoms with Crippen LogP contribution in [0.25, 0.3) is 5.78 Å². The van der Waals surface area contributed by atoms with E-state index in [-0.39, 0.29) is 0 Å². The van der Waals surface area contributed by atoms with E-state index in [0.717, 1.165) is 73.9 Å². The van der Waals surface area contributed by atoms with Crippen molar-refractivity contribution in [3.63, 3.8) is 0 Å². The molecular weight excluding hydrogens is 454 g/mol. The van der Waals surface area contributed by atoms with E-state index in [0.29, 0.717) is 5.25 Å². The van der Waals surface area contributed by atoms with Crippen LogP contribution in [0.1, 0.15) is 37.9 Å². The van der Waals surface area contributed by atoms with E-state index in [1.54, 1.807) is 11.8 Å². The van der Waals surface area contributed by atoms with Crippen LogP contribution in [-0.2, 0) is 12.8 Å². The first kappa shape index (κ1) is 22.7. The van der Waals surface area contributed by atoms with Gasteiger partial charge in [0.05, 0.1) is 5.69 Å². The van der Waals surface area contributed by atoms with Gasteiger partial charge in [-0.15, -0.1) is 5.10 Å². The van der Waals surface area contributed by atoms with Crippen LogP contribution in [0.3, 0.4) is 0 Å². The Kier molecular flexibility index (Phi) is 6.94. The van der Waals surface area contributed by atoms with E-state index in [2.05, 4.69) is 41.1 Å². The molecule has 1 aliphatic carbocycles. The quantitative estimate of drug-likeness (QED) is 0.498. The molecule has 33 heavy (non-hydrogen) atoms. The summed E-state index contributed by atoms with van der Waals surface area (Å²) in [6.45, 7) is 10.4. The summed E-state index contributed by atoms with van der Waals surface area (Å²) in [5, 5.41) is 10.6. The van der Waals surface area contributed by atoms with Crippen LogP contribution in [0.5, 0.6) is 0 Å². The minimum atomic E-state index is 0.444. The maximum Gasteiger partial charge on any atom is 0.255 e. The van der Waals surface area contributed by atoms with Crippen molar-refractivity contribution in [2.45, 2.75) is 49.9 Å². The van der Waals surface area contributed by atoms with Crippen molar-refractivity contribution in [2.24, 2.45) is 0 Å². The van der Waals surface area contributed by atoms with Gasteiger partial charge >= 0.3 is 0 Å². The van der Waals surface area contributed by atoms with Crippen molar-refractivity contribution >= 4 is 40.6 Å². The number of hydrogen-bond acceptors (Lipinski definition) is 7. The fourth-order valence-corrected chi connectivity index (χ4v) is 5.49. The lowest BCUT2D eigenvalue weighted by molar-refractivity contribution is 0.267. The van der Waals surface area contributed by atoms with Crippen LogP contribution < -0.4 is 10.2 Å². The summed E-state index contributed by atoms with van der Waals surface area (Å²) in [5.74, 6) is 1.82.